The summed E-state index contributed by atoms with van der Waals surface area (Å²) in [4.78, 5) is 4.24. The third kappa shape index (κ3) is 1.87. The molecule has 0 spiro atoms. The maximum atomic E-state index is 5.58. The summed E-state index contributed by atoms with van der Waals surface area (Å²) in [6, 6.07) is 5.85. The molecule has 13 heavy (non-hydrogen) atoms. The van der Waals surface area contributed by atoms with Crippen molar-refractivity contribution in [3.05, 3.63) is 30.1 Å². The van der Waals surface area contributed by atoms with Crippen LogP contribution in [0.3, 0.4) is 0 Å². The first-order chi connectivity index (χ1) is 6.17. The lowest BCUT2D eigenvalue weighted by Gasteiger charge is -2.16. The molecule has 3 heteroatoms. The van der Waals surface area contributed by atoms with Gasteiger partial charge >= 0.3 is 0 Å². The first-order valence-electron chi connectivity index (χ1n) is 4.48. The third-order valence-electron chi connectivity index (χ3n) is 2.09. The molecule has 0 aromatic carbocycles. The minimum Gasteiger partial charge on any atom is -0.356 e. The zero-order valence-corrected chi connectivity index (χ0v) is 7.95. The van der Waals surface area contributed by atoms with Crippen LogP contribution in [0, 0.1) is 0 Å². The molecule has 0 amide bonds. The van der Waals surface area contributed by atoms with Gasteiger partial charge in [-0.1, -0.05) is 6.07 Å². The zero-order chi connectivity index (χ0) is 9.31. The van der Waals surface area contributed by atoms with Crippen molar-refractivity contribution in [3.63, 3.8) is 0 Å². The molecule has 1 N–H and O–H groups in total. The fourth-order valence-electron chi connectivity index (χ4n) is 1.42. The van der Waals surface area contributed by atoms with E-state index < -0.39 is 0 Å². The molecule has 2 heterocycles. The fourth-order valence-corrected chi connectivity index (χ4v) is 1.42. The Bertz CT molecular complexity index is 284. The molecule has 0 radical (unpaired) electrons. The van der Waals surface area contributed by atoms with Crippen LogP contribution in [0.15, 0.2) is 24.4 Å². The predicted octanol–water partition coefficient (Wildman–Crippen LogP) is 1.48. The molecule has 3 nitrogen and oxygen atoms in total. The minimum absolute atomic E-state index is 0.0452. The molecule has 1 aromatic rings. The van der Waals surface area contributed by atoms with E-state index in [-0.39, 0.29) is 11.8 Å². The Balaban J connectivity index is 2.13. The summed E-state index contributed by atoms with van der Waals surface area (Å²) in [5, 5.41) is 3.36. The van der Waals surface area contributed by atoms with E-state index in [1.54, 1.807) is 6.20 Å². The van der Waals surface area contributed by atoms with Crippen molar-refractivity contribution < 1.29 is 4.74 Å². The lowest BCUT2D eigenvalue weighted by Crippen LogP contribution is -2.36. The van der Waals surface area contributed by atoms with Gasteiger partial charge in [0.2, 0.25) is 0 Å². The molecule has 1 atom stereocenters. The SMILES string of the molecule is CC1(C)COC(c2ccccn2)N1. The highest BCUT2D eigenvalue weighted by Gasteiger charge is 2.32. The third-order valence-corrected chi connectivity index (χ3v) is 2.09. The van der Waals surface area contributed by atoms with E-state index in [4.69, 9.17) is 4.74 Å². The second-order valence-corrected chi connectivity index (χ2v) is 3.97. The molecular weight excluding hydrogens is 164 g/mol. The molecule has 0 saturated carbocycles. The maximum absolute atomic E-state index is 5.58. The largest absolute Gasteiger partial charge is 0.356 e. The van der Waals surface area contributed by atoms with Gasteiger partial charge < -0.3 is 4.74 Å². The summed E-state index contributed by atoms with van der Waals surface area (Å²) in [5.41, 5.74) is 1.01. The second-order valence-electron chi connectivity index (χ2n) is 3.97. The summed E-state index contributed by atoms with van der Waals surface area (Å²) in [6.45, 7) is 4.97. The minimum atomic E-state index is -0.0452. The Kier molecular flexibility index (Phi) is 2.06. The monoisotopic (exact) mass is 178 g/mol. The van der Waals surface area contributed by atoms with E-state index in [9.17, 15) is 0 Å². The van der Waals surface area contributed by atoms with Crippen molar-refractivity contribution in [2.75, 3.05) is 6.61 Å². The number of pyridine rings is 1. The number of rotatable bonds is 1. The van der Waals surface area contributed by atoms with Gasteiger partial charge in [0.15, 0.2) is 6.23 Å². The number of hydrogen-bond donors (Lipinski definition) is 1. The van der Waals surface area contributed by atoms with Crippen LogP contribution < -0.4 is 5.32 Å². The molecule has 70 valence electrons. The van der Waals surface area contributed by atoms with Gasteiger partial charge in [0.05, 0.1) is 12.3 Å². The number of hydrogen-bond acceptors (Lipinski definition) is 3. The van der Waals surface area contributed by atoms with E-state index in [1.165, 1.54) is 0 Å². The Morgan fingerprint density at radius 2 is 2.38 bits per heavy atom. The topological polar surface area (TPSA) is 34.1 Å². The van der Waals surface area contributed by atoms with Gasteiger partial charge in [0.25, 0.3) is 0 Å². The molecular formula is C10H14N2O. The average Bonchev–Trinajstić information content (AvgIpc) is 2.48. The van der Waals surface area contributed by atoms with Gasteiger partial charge in [-0.15, -0.1) is 0 Å². The van der Waals surface area contributed by atoms with Crippen LogP contribution in [0.1, 0.15) is 25.8 Å². The highest BCUT2D eigenvalue weighted by molar-refractivity contribution is 5.08. The molecule has 1 fully saturated rings. The second kappa shape index (κ2) is 3.09. The average molecular weight is 178 g/mol. The predicted molar refractivity (Wildman–Crippen MR) is 50.1 cm³/mol. The molecule has 1 saturated heterocycles. The first-order valence-corrected chi connectivity index (χ1v) is 4.48. The summed E-state index contributed by atoms with van der Waals surface area (Å²) in [5.74, 6) is 0. The smallest absolute Gasteiger partial charge is 0.151 e. The quantitative estimate of drug-likeness (QED) is 0.707. The van der Waals surface area contributed by atoms with E-state index >= 15 is 0 Å². The number of nitrogens with zero attached hydrogens (tertiary/aromatic N) is 1. The van der Waals surface area contributed by atoms with E-state index in [0.717, 1.165) is 12.3 Å². The van der Waals surface area contributed by atoms with Crippen LogP contribution in [0.2, 0.25) is 0 Å². The number of nitrogens with one attached hydrogen (secondary N) is 1. The number of aromatic nitrogens is 1. The fraction of sp³-hybridized carbons (Fsp3) is 0.500. The van der Waals surface area contributed by atoms with E-state index in [2.05, 4.69) is 24.1 Å². The summed E-state index contributed by atoms with van der Waals surface area (Å²) in [6.07, 6.45) is 1.74. The Labute approximate surface area is 78.1 Å². The Morgan fingerprint density at radius 1 is 1.54 bits per heavy atom. The van der Waals surface area contributed by atoms with Gasteiger partial charge in [-0.05, 0) is 26.0 Å². The molecule has 0 bridgehead atoms. The van der Waals surface area contributed by atoms with Gasteiger partial charge in [0.1, 0.15) is 0 Å². The van der Waals surface area contributed by atoms with Crippen molar-refractivity contribution in [1.29, 1.82) is 0 Å². The van der Waals surface area contributed by atoms with Crippen LogP contribution in [-0.2, 0) is 4.74 Å². The van der Waals surface area contributed by atoms with Crippen molar-refractivity contribution in [2.24, 2.45) is 0 Å². The molecule has 1 aliphatic rings. The Hall–Kier alpha value is -0.930. The first kappa shape index (κ1) is 8.66. The highest BCUT2D eigenvalue weighted by Crippen LogP contribution is 2.23. The lowest BCUT2D eigenvalue weighted by atomic mass is 10.1. The van der Waals surface area contributed by atoms with E-state index in [0.29, 0.717) is 0 Å². The van der Waals surface area contributed by atoms with Gasteiger partial charge in [-0.2, -0.15) is 0 Å². The van der Waals surface area contributed by atoms with Crippen molar-refractivity contribution in [1.82, 2.24) is 10.3 Å². The summed E-state index contributed by atoms with van der Waals surface area (Å²) in [7, 11) is 0. The molecule has 1 unspecified atom stereocenters. The standard InChI is InChI=1S/C10H14N2O/c1-10(2)7-13-9(12-10)8-5-3-4-6-11-8/h3-6,9,12H,7H2,1-2H3. The van der Waals surface area contributed by atoms with Crippen molar-refractivity contribution >= 4 is 0 Å². The van der Waals surface area contributed by atoms with E-state index in [1.807, 2.05) is 18.2 Å². The maximum Gasteiger partial charge on any atom is 0.151 e. The van der Waals surface area contributed by atoms with Gasteiger partial charge in [0, 0.05) is 11.7 Å². The van der Waals surface area contributed by atoms with Crippen molar-refractivity contribution in [3.8, 4) is 0 Å². The van der Waals surface area contributed by atoms with Crippen LogP contribution in [-0.4, -0.2) is 17.1 Å². The lowest BCUT2D eigenvalue weighted by molar-refractivity contribution is 0.0957. The summed E-state index contributed by atoms with van der Waals surface area (Å²) >= 11 is 0. The molecule has 0 aliphatic carbocycles. The molecule has 1 aliphatic heterocycles. The highest BCUT2D eigenvalue weighted by atomic mass is 16.5. The van der Waals surface area contributed by atoms with Crippen LogP contribution >= 0.6 is 0 Å². The van der Waals surface area contributed by atoms with Crippen molar-refractivity contribution in [2.45, 2.75) is 25.6 Å². The van der Waals surface area contributed by atoms with Gasteiger partial charge in [-0.25, -0.2) is 0 Å². The Morgan fingerprint density at radius 3 is 2.92 bits per heavy atom. The summed E-state index contributed by atoms with van der Waals surface area (Å²) < 4.78 is 5.58. The molecule has 2 rings (SSSR count). The zero-order valence-electron chi connectivity index (χ0n) is 7.95. The van der Waals surface area contributed by atoms with Gasteiger partial charge in [-0.3, -0.25) is 10.3 Å². The molecule has 1 aromatic heterocycles. The van der Waals surface area contributed by atoms with Crippen LogP contribution in [0.4, 0.5) is 0 Å². The number of ether oxygens (including phenoxy) is 1. The van der Waals surface area contributed by atoms with Crippen LogP contribution in [0.25, 0.3) is 0 Å². The van der Waals surface area contributed by atoms with Crippen LogP contribution in [0.5, 0.6) is 0 Å². The normalized spacial score (nSPS) is 26.2.